The highest BCUT2D eigenvalue weighted by Gasteiger charge is 2.29. The van der Waals surface area contributed by atoms with Crippen molar-refractivity contribution in [1.82, 2.24) is 5.43 Å². The summed E-state index contributed by atoms with van der Waals surface area (Å²) < 4.78 is 42.4. The second-order valence-corrected chi connectivity index (χ2v) is 4.92. The van der Waals surface area contributed by atoms with Crippen molar-refractivity contribution in [1.29, 1.82) is 0 Å². The van der Waals surface area contributed by atoms with Gasteiger partial charge in [-0.25, -0.2) is 15.0 Å². The second kappa shape index (κ2) is 6.60. The van der Waals surface area contributed by atoms with Crippen LogP contribution in [0.4, 0.5) is 23.7 Å². The first-order valence-electron chi connectivity index (χ1n) is 6.60. The molecule has 128 valence electrons. The Balaban J connectivity index is 2.33. The summed E-state index contributed by atoms with van der Waals surface area (Å²) in [6.07, 6.45) is -3.29. The zero-order valence-corrected chi connectivity index (χ0v) is 12.4. The van der Waals surface area contributed by atoms with Gasteiger partial charge in [0, 0.05) is 24.2 Å². The van der Waals surface area contributed by atoms with Gasteiger partial charge in [0.05, 0.1) is 11.8 Å². The number of hydrogen-bond donors (Lipinski definition) is 2. The van der Waals surface area contributed by atoms with Crippen LogP contribution < -0.4 is 21.7 Å². The van der Waals surface area contributed by atoms with Crippen molar-refractivity contribution in [3.05, 3.63) is 40.2 Å². The monoisotopic (exact) mass is 342 g/mol. The molecule has 2 rings (SSSR count). The predicted molar refractivity (Wildman–Crippen MR) is 82.1 cm³/mol. The minimum Gasteiger partial charge on any atom is -0.422 e. The van der Waals surface area contributed by atoms with Crippen molar-refractivity contribution >= 4 is 28.9 Å². The van der Waals surface area contributed by atoms with E-state index >= 15 is 0 Å². The summed E-state index contributed by atoms with van der Waals surface area (Å²) in [6.45, 7) is -1.13. The number of benzene rings is 1. The highest BCUT2D eigenvalue weighted by molar-refractivity contribution is 5.88. The molecule has 10 heteroatoms. The zero-order valence-electron chi connectivity index (χ0n) is 12.4. The molecule has 0 aliphatic rings. The lowest BCUT2D eigenvalue weighted by atomic mass is 10.1. The van der Waals surface area contributed by atoms with Crippen molar-refractivity contribution in [3.63, 3.8) is 0 Å². The first-order chi connectivity index (χ1) is 11.2. The van der Waals surface area contributed by atoms with Gasteiger partial charge in [-0.3, -0.25) is 0 Å². The molecule has 0 unspecified atom stereocenters. The van der Waals surface area contributed by atoms with E-state index in [4.69, 9.17) is 10.2 Å². The first-order valence-corrected chi connectivity index (χ1v) is 6.60. The Labute approximate surface area is 133 Å². The number of carbonyl (C=O) groups is 1. The Hall–Kier alpha value is -3.04. The molecule has 7 nitrogen and oxygen atoms in total. The van der Waals surface area contributed by atoms with Crippen LogP contribution in [0.15, 0.2) is 38.6 Å². The number of rotatable bonds is 4. The van der Waals surface area contributed by atoms with Gasteiger partial charge in [-0.05, 0) is 18.2 Å². The minimum absolute atomic E-state index is 0.0487. The molecule has 1 heterocycles. The van der Waals surface area contributed by atoms with Gasteiger partial charge in [0.1, 0.15) is 12.1 Å². The molecule has 0 saturated heterocycles. The molecular weight excluding hydrogens is 329 g/mol. The molecule has 24 heavy (non-hydrogen) atoms. The maximum atomic E-state index is 12.4. The van der Waals surface area contributed by atoms with E-state index in [1.54, 1.807) is 0 Å². The van der Waals surface area contributed by atoms with Crippen LogP contribution in [0.5, 0.6) is 0 Å². The van der Waals surface area contributed by atoms with Gasteiger partial charge >= 0.3 is 17.8 Å². The summed E-state index contributed by atoms with van der Waals surface area (Å²) in [7, 11) is 1.28. The smallest absolute Gasteiger partial charge is 0.405 e. The normalized spacial score (nSPS) is 11.8. The molecule has 0 bridgehead atoms. The van der Waals surface area contributed by atoms with E-state index < -0.39 is 24.4 Å². The lowest BCUT2D eigenvalue weighted by molar-refractivity contribution is -0.119. The fourth-order valence-corrected chi connectivity index (χ4v) is 1.97. The number of nitrogens with two attached hydrogens (primary N) is 1. The van der Waals surface area contributed by atoms with E-state index in [0.29, 0.717) is 5.39 Å². The average molecular weight is 342 g/mol. The number of nitrogens with one attached hydrogen (secondary N) is 1. The highest BCUT2D eigenvalue weighted by Crippen LogP contribution is 2.24. The molecule has 0 spiro atoms. The Morgan fingerprint density at radius 3 is 2.75 bits per heavy atom. The first kappa shape index (κ1) is 17.3. The number of hydrogen-bond acceptors (Lipinski definition) is 5. The number of halogens is 3. The van der Waals surface area contributed by atoms with Crippen LogP contribution >= 0.6 is 0 Å². The van der Waals surface area contributed by atoms with Crippen molar-refractivity contribution in [2.24, 2.45) is 10.8 Å². The van der Waals surface area contributed by atoms with Crippen LogP contribution in [0.1, 0.15) is 5.56 Å². The van der Waals surface area contributed by atoms with Gasteiger partial charge in [-0.1, -0.05) is 0 Å². The molecule has 0 atom stereocenters. The standard InChI is InChI=1S/C14H13F3N4O3/c1-21(7-14(15,16)17)10-3-2-8-4-9(6-19-20-13(18)23)12(22)24-11(8)5-10/h2-6H,7H2,1H3,(H3,18,20,23)/b19-6+. The number of carbonyl (C=O) groups excluding carboxylic acids is 1. The largest absolute Gasteiger partial charge is 0.422 e. The van der Waals surface area contributed by atoms with E-state index in [9.17, 15) is 22.8 Å². The third-order valence-electron chi connectivity index (χ3n) is 2.98. The number of nitrogens with zero attached hydrogens (tertiary/aromatic N) is 2. The van der Waals surface area contributed by atoms with Gasteiger partial charge in [0.2, 0.25) is 0 Å². The number of urea groups is 1. The third-order valence-corrected chi connectivity index (χ3v) is 2.98. The predicted octanol–water partition coefficient (Wildman–Crippen LogP) is 1.79. The molecule has 0 aliphatic carbocycles. The SMILES string of the molecule is CN(CC(F)(F)F)c1ccc2cc(/C=N/NC(N)=O)c(=O)oc2c1. The number of amides is 2. The van der Waals surface area contributed by atoms with Gasteiger partial charge in [-0.2, -0.15) is 18.3 Å². The van der Waals surface area contributed by atoms with Crippen molar-refractivity contribution < 1.29 is 22.4 Å². The van der Waals surface area contributed by atoms with Gasteiger partial charge in [-0.15, -0.1) is 0 Å². The molecule has 0 fully saturated rings. The topological polar surface area (TPSA) is 101 Å². The lowest BCUT2D eigenvalue weighted by Gasteiger charge is -2.20. The molecular formula is C14H13F3N4O3. The number of anilines is 1. The van der Waals surface area contributed by atoms with Crippen LogP contribution in [0.25, 0.3) is 11.0 Å². The van der Waals surface area contributed by atoms with Crippen LogP contribution in [0.2, 0.25) is 0 Å². The molecule has 1 aromatic heterocycles. The summed E-state index contributed by atoms with van der Waals surface area (Å²) in [5, 5.41) is 3.94. The fraction of sp³-hybridized carbons (Fsp3) is 0.214. The highest BCUT2D eigenvalue weighted by atomic mass is 19.4. The molecule has 3 N–H and O–H groups in total. The van der Waals surface area contributed by atoms with E-state index in [2.05, 4.69) is 5.10 Å². The molecule has 0 saturated carbocycles. The maximum absolute atomic E-state index is 12.4. The molecule has 2 amide bonds. The van der Waals surface area contributed by atoms with Crippen molar-refractivity contribution in [2.45, 2.75) is 6.18 Å². The number of hydrazone groups is 1. The van der Waals surface area contributed by atoms with E-state index in [1.807, 2.05) is 5.43 Å². The second-order valence-electron chi connectivity index (χ2n) is 4.92. The minimum atomic E-state index is -4.35. The maximum Gasteiger partial charge on any atom is 0.405 e. The number of primary amides is 1. The number of alkyl halides is 3. The van der Waals surface area contributed by atoms with E-state index in [-0.39, 0.29) is 16.8 Å². The van der Waals surface area contributed by atoms with Gasteiger partial charge in [0.25, 0.3) is 0 Å². The lowest BCUT2D eigenvalue weighted by Crippen LogP contribution is -2.30. The Bertz CT molecular complexity index is 845. The van der Waals surface area contributed by atoms with E-state index in [1.165, 1.54) is 31.3 Å². The Morgan fingerprint density at radius 2 is 2.12 bits per heavy atom. The molecule has 1 aromatic carbocycles. The Kier molecular flexibility index (Phi) is 4.77. The zero-order chi connectivity index (χ0) is 17.9. The van der Waals surface area contributed by atoms with Crippen LogP contribution in [0, 0.1) is 0 Å². The van der Waals surface area contributed by atoms with Gasteiger partial charge in [0.15, 0.2) is 0 Å². The summed E-state index contributed by atoms with van der Waals surface area (Å²) in [4.78, 5) is 23.3. The third kappa shape index (κ3) is 4.48. The summed E-state index contributed by atoms with van der Waals surface area (Å²) >= 11 is 0. The fourth-order valence-electron chi connectivity index (χ4n) is 1.97. The summed E-state index contributed by atoms with van der Waals surface area (Å²) in [5.74, 6) is 0. The quantitative estimate of drug-likeness (QED) is 0.502. The van der Waals surface area contributed by atoms with Crippen molar-refractivity contribution in [3.8, 4) is 0 Å². The molecule has 0 aliphatic heterocycles. The van der Waals surface area contributed by atoms with Crippen LogP contribution in [0.3, 0.4) is 0 Å². The molecule has 2 aromatic rings. The van der Waals surface area contributed by atoms with Crippen LogP contribution in [-0.4, -0.2) is 32.0 Å². The summed E-state index contributed by atoms with van der Waals surface area (Å²) in [6, 6.07) is 4.86. The molecule has 0 radical (unpaired) electrons. The van der Waals surface area contributed by atoms with Crippen molar-refractivity contribution in [2.75, 3.05) is 18.5 Å². The van der Waals surface area contributed by atoms with Gasteiger partial charge < -0.3 is 15.1 Å². The van der Waals surface area contributed by atoms with E-state index in [0.717, 1.165) is 11.1 Å². The average Bonchev–Trinajstić information content (AvgIpc) is 2.45. The Morgan fingerprint density at radius 1 is 1.42 bits per heavy atom. The number of fused-ring (bicyclic) bond motifs is 1. The summed E-state index contributed by atoms with van der Waals surface area (Å²) in [5.41, 5.74) is 6.43. The van der Waals surface area contributed by atoms with Crippen LogP contribution in [-0.2, 0) is 0 Å².